The molecule has 58 valence electrons. The van der Waals surface area contributed by atoms with Gasteiger partial charge in [0.25, 0.3) is 0 Å². The van der Waals surface area contributed by atoms with Crippen molar-refractivity contribution in [1.29, 1.82) is 0 Å². The van der Waals surface area contributed by atoms with Gasteiger partial charge in [-0.25, -0.2) is 0 Å². The fraction of sp³-hybridized carbons (Fsp3) is 0.889. The molecule has 1 fully saturated rings. The van der Waals surface area contributed by atoms with Crippen LogP contribution in [0.15, 0.2) is 0 Å². The summed E-state index contributed by atoms with van der Waals surface area (Å²) in [5.41, 5.74) is 0.163. The summed E-state index contributed by atoms with van der Waals surface area (Å²) in [7, 11) is 0. The number of hydrogen-bond donors (Lipinski definition) is 0. The van der Waals surface area contributed by atoms with Crippen LogP contribution in [0.25, 0.3) is 5.32 Å². The molecule has 1 nitrogen and oxygen atoms in total. The van der Waals surface area contributed by atoms with E-state index in [4.69, 9.17) is 0 Å². The van der Waals surface area contributed by atoms with Crippen molar-refractivity contribution >= 4 is 0 Å². The Labute approximate surface area is 82.5 Å². The normalized spacial score (nSPS) is 35.9. The van der Waals surface area contributed by atoms with Gasteiger partial charge in [0, 0.05) is 12.5 Å². The predicted octanol–water partition coefficient (Wildman–Crippen LogP) is -0.0806. The number of piperidine rings is 1. The number of rotatable bonds is 0. The number of nitrogens with zero attached hydrogens (tertiary/aromatic N) is 1. The second-order valence-corrected chi connectivity index (χ2v) is 4.27. The average molecular weight is 146 g/mol. The van der Waals surface area contributed by atoms with Gasteiger partial charge in [0.05, 0.1) is 0 Å². The largest absolute Gasteiger partial charge is 1.00 e. The molecular formula is C9H17LiN+. The van der Waals surface area contributed by atoms with E-state index in [1.54, 1.807) is 0 Å². The Bertz CT molecular complexity index is 116. The third-order valence-electron chi connectivity index (χ3n) is 2.08. The molecule has 1 aliphatic rings. The summed E-state index contributed by atoms with van der Waals surface area (Å²) in [6, 6.07) is 0. The molecular weight excluding hydrogens is 129 g/mol. The third-order valence-corrected chi connectivity index (χ3v) is 2.08. The number of hydrogen-bond acceptors (Lipinski definition) is 0. The SMILES string of the molecule is [CH2+]C1(C)CCCC(C)(C)[N-]1.[Li+]. The second-order valence-electron chi connectivity index (χ2n) is 4.27. The van der Waals surface area contributed by atoms with Crippen LogP contribution in [0.2, 0.25) is 0 Å². The molecule has 0 N–H and O–H groups in total. The van der Waals surface area contributed by atoms with E-state index in [1.165, 1.54) is 12.8 Å². The van der Waals surface area contributed by atoms with E-state index in [2.05, 4.69) is 33.0 Å². The minimum absolute atomic E-state index is 0. The summed E-state index contributed by atoms with van der Waals surface area (Å²) in [6.07, 6.45) is 3.64. The molecule has 0 amide bonds. The quantitative estimate of drug-likeness (QED) is 0.335. The van der Waals surface area contributed by atoms with Crippen molar-refractivity contribution < 1.29 is 18.9 Å². The fourth-order valence-electron chi connectivity index (χ4n) is 1.74. The van der Waals surface area contributed by atoms with E-state index in [0.717, 1.165) is 6.42 Å². The van der Waals surface area contributed by atoms with Gasteiger partial charge in [0.1, 0.15) is 0 Å². The van der Waals surface area contributed by atoms with Gasteiger partial charge in [0.15, 0.2) is 0 Å². The van der Waals surface area contributed by atoms with Gasteiger partial charge < -0.3 is 5.32 Å². The van der Waals surface area contributed by atoms with Crippen LogP contribution in [-0.4, -0.2) is 11.1 Å². The Morgan fingerprint density at radius 1 is 1.18 bits per heavy atom. The Hall–Kier alpha value is 0.427. The van der Waals surface area contributed by atoms with Crippen LogP contribution in [0, 0.1) is 6.92 Å². The molecule has 1 atom stereocenters. The average Bonchev–Trinajstić information content (AvgIpc) is 1.56. The van der Waals surface area contributed by atoms with Crippen molar-refractivity contribution in [2.75, 3.05) is 0 Å². The summed E-state index contributed by atoms with van der Waals surface area (Å²) < 4.78 is 0. The standard InChI is InChI=1S/C9H17N.Li/c1-8(2)6-5-7-9(3,4)10-8;/h1,5-7H2,2-4H3;/q;+1. The molecule has 1 unspecified atom stereocenters. The van der Waals surface area contributed by atoms with Crippen LogP contribution in [0.4, 0.5) is 0 Å². The van der Waals surface area contributed by atoms with Crippen molar-refractivity contribution in [2.45, 2.75) is 51.1 Å². The first-order valence-corrected chi connectivity index (χ1v) is 4.01. The van der Waals surface area contributed by atoms with E-state index in [9.17, 15) is 0 Å². The van der Waals surface area contributed by atoms with Crippen molar-refractivity contribution in [3.8, 4) is 0 Å². The zero-order valence-electron chi connectivity index (χ0n) is 8.28. The maximum Gasteiger partial charge on any atom is 1.00 e. The van der Waals surface area contributed by atoms with E-state index >= 15 is 0 Å². The minimum Gasteiger partial charge on any atom is -0.612 e. The van der Waals surface area contributed by atoms with Crippen LogP contribution >= 0.6 is 0 Å². The van der Waals surface area contributed by atoms with Gasteiger partial charge in [0.2, 0.25) is 0 Å². The first kappa shape index (κ1) is 11.4. The molecule has 0 aromatic carbocycles. The molecule has 2 heteroatoms. The Kier molecular flexibility index (Phi) is 3.57. The van der Waals surface area contributed by atoms with Crippen LogP contribution in [0.3, 0.4) is 0 Å². The fourth-order valence-corrected chi connectivity index (χ4v) is 1.74. The van der Waals surface area contributed by atoms with Crippen LogP contribution in [0.5, 0.6) is 0 Å². The van der Waals surface area contributed by atoms with Crippen molar-refractivity contribution in [3.05, 3.63) is 12.2 Å². The first-order chi connectivity index (χ1) is 4.41. The maximum atomic E-state index is 4.64. The smallest absolute Gasteiger partial charge is 0.612 e. The van der Waals surface area contributed by atoms with Crippen molar-refractivity contribution in [3.63, 3.8) is 0 Å². The molecule has 0 aromatic rings. The Balaban J connectivity index is 0.000001000. The molecule has 1 aliphatic heterocycles. The molecule has 0 radical (unpaired) electrons. The van der Waals surface area contributed by atoms with Crippen molar-refractivity contribution in [1.82, 2.24) is 0 Å². The van der Waals surface area contributed by atoms with Gasteiger partial charge in [-0.15, -0.1) is 5.54 Å². The molecule has 1 heterocycles. The molecule has 1 saturated heterocycles. The van der Waals surface area contributed by atoms with Gasteiger partial charge in [-0.2, -0.15) is 0 Å². The van der Waals surface area contributed by atoms with E-state index in [1.807, 2.05) is 0 Å². The molecule has 0 bridgehead atoms. The summed E-state index contributed by atoms with van der Waals surface area (Å²) >= 11 is 0. The third kappa shape index (κ3) is 3.56. The van der Waals surface area contributed by atoms with Gasteiger partial charge >= 0.3 is 18.9 Å². The topological polar surface area (TPSA) is 14.1 Å². The van der Waals surface area contributed by atoms with Crippen LogP contribution in [0.1, 0.15) is 40.0 Å². The van der Waals surface area contributed by atoms with E-state index in [0.29, 0.717) is 0 Å². The van der Waals surface area contributed by atoms with Crippen molar-refractivity contribution in [2.24, 2.45) is 0 Å². The second kappa shape index (κ2) is 3.43. The summed E-state index contributed by atoms with van der Waals surface area (Å²) in [4.78, 5) is 0. The molecule has 0 spiro atoms. The van der Waals surface area contributed by atoms with Gasteiger partial charge in [-0.3, -0.25) is 0 Å². The van der Waals surface area contributed by atoms with Gasteiger partial charge in [-0.1, -0.05) is 26.7 Å². The zero-order valence-corrected chi connectivity index (χ0v) is 8.28. The monoisotopic (exact) mass is 146 g/mol. The molecule has 11 heavy (non-hydrogen) atoms. The molecule has 1 rings (SSSR count). The minimum atomic E-state index is -0.0122. The summed E-state index contributed by atoms with van der Waals surface area (Å²) in [5, 5.41) is 4.64. The van der Waals surface area contributed by atoms with E-state index in [-0.39, 0.29) is 29.9 Å². The first-order valence-electron chi connectivity index (χ1n) is 4.01. The van der Waals surface area contributed by atoms with Crippen LogP contribution in [-0.2, 0) is 0 Å². The Morgan fingerprint density at radius 2 is 1.73 bits per heavy atom. The Morgan fingerprint density at radius 3 is 2.00 bits per heavy atom. The maximum absolute atomic E-state index is 4.64. The van der Waals surface area contributed by atoms with Crippen LogP contribution < -0.4 is 18.9 Å². The van der Waals surface area contributed by atoms with Gasteiger partial charge in [-0.05, 0) is 13.3 Å². The van der Waals surface area contributed by atoms with E-state index < -0.39 is 0 Å². The predicted molar refractivity (Wildman–Crippen MR) is 45.1 cm³/mol. The summed E-state index contributed by atoms with van der Waals surface area (Å²) in [6.45, 7) is 10.6. The summed E-state index contributed by atoms with van der Waals surface area (Å²) in [5.74, 6) is 0. The molecule has 0 saturated carbocycles. The molecule has 0 aliphatic carbocycles. The zero-order chi connectivity index (χ0) is 7.83. The molecule has 0 aromatic heterocycles.